The van der Waals surface area contributed by atoms with E-state index in [1.165, 1.54) is 0 Å². The maximum absolute atomic E-state index is 12.4. The maximum Gasteiger partial charge on any atom is 0.289 e. The molecule has 7 nitrogen and oxygen atoms in total. The molecule has 3 aromatic rings. The number of amides is 1. The van der Waals surface area contributed by atoms with Gasteiger partial charge in [-0.1, -0.05) is 6.07 Å². The number of hydrogen-bond acceptors (Lipinski definition) is 5. The molecule has 4 rings (SSSR count). The topological polar surface area (TPSA) is 66.9 Å². The summed E-state index contributed by atoms with van der Waals surface area (Å²) >= 11 is 3.22. The molecule has 0 spiro atoms. The molecule has 0 saturated carbocycles. The summed E-state index contributed by atoms with van der Waals surface area (Å²) in [5.41, 5.74) is 0.821. The Hall–Kier alpha value is -2.35. The van der Waals surface area contributed by atoms with Gasteiger partial charge in [-0.25, -0.2) is 0 Å². The number of furan rings is 1. The summed E-state index contributed by atoms with van der Waals surface area (Å²) in [6.07, 6.45) is 1.95. The van der Waals surface area contributed by atoms with Gasteiger partial charge in [0.05, 0.1) is 0 Å². The maximum atomic E-state index is 12.4. The third-order valence-corrected chi connectivity index (χ3v) is 4.36. The van der Waals surface area contributed by atoms with Crippen LogP contribution in [0.5, 0.6) is 0 Å². The van der Waals surface area contributed by atoms with Gasteiger partial charge in [0.1, 0.15) is 0 Å². The Morgan fingerprint density at radius 2 is 1.91 bits per heavy atom. The summed E-state index contributed by atoms with van der Waals surface area (Å²) < 4.78 is 7.86. The lowest BCUT2D eigenvalue weighted by atomic mass is 10.3. The van der Waals surface area contributed by atoms with Gasteiger partial charge in [0, 0.05) is 32.4 Å². The lowest BCUT2D eigenvalue weighted by molar-refractivity contribution is 0.0712. The van der Waals surface area contributed by atoms with Crippen molar-refractivity contribution in [1.29, 1.82) is 0 Å². The van der Waals surface area contributed by atoms with Crippen LogP contribution in [0.2, 0.25) is 0 Å². The molecule has 4 heterocycles. The van der Waals surface area contributed by atoms with Gasteiger partial charge in [0.25, 0.3) is 5.91 Å². The third-order valence-electron chi connectivity index (χ3n) is 3.93. The van der Waals surface area contributed by atoms with Crippen molar-refractivity contribution >= 4 is 33.4 Å². The van der Waals surface area contributed by atoms with Crippen molar-refractivity contribution in [2.45, 2.75) is 0 Å². The molecule has 1 saturated heterocycles. The number of carbonyl (C=O) groups excluding carboxylic acids is 1. The lowest BCUT2D eigenvalue weighted by Gasteiger charge is -2.34. The first-order valence-electron chi connectivity index (χ1n) is 7.32. The highest BCUT2D eigenvalue weighted by molar-refractivity contribution is 9.10. The number of fused-ring (bicyclic) bond motifs is 1. The molecule has 0 N–H and O–H groups in total. The van der Waals surface area contributed by atoms with Gasteiger partial charge in [0.2, 0.25) is 5.95 Å². The summed E-state index contributed by atoms with van der Waals surface area (Å²) in [6.45, 7) is 2.67. The van der Waals surface area contributed by atoms with Crippen LogP contribution in [0.4, 0.5) is 5.95 Å². The number of aromatic nitrogens is 3. The minimum Gasteiger partial charge on any atom is -0.444 e. The zero-order valence-corrected chi connectivity index (χ0v) is 13.8. The molecular weight excluding hydrogens is 362 g/mol. The van der Waals surface area contributed by atoms with Crippen LogP contribution < -0.4 is 4.90 Å². The molecule has 1 amide bonds. The molecule has 0 radical (unpaired) electrons. The predicted octanol–water partition coefficient (Wildman–Crippen LogP) is 2.05. The molecule has 0 unspecified atom stereocenters. The Kier molecular flexibility index (Phi) is 3.53. The molecule has 118 valence electrons. The van der Waals surface area contributed by atoms with Crippen LogP contribution in [0.1, 0.15) is 10.6 Å². The molecule has 0 aliphatic carbocycles. The van der Waals surface area contributed by atoms with Gasteiger partial charge in [-0.15, -0.1) is 10.2 Å². The van der Waals surface area contributed by atoms with Crippen molar-refractivity contribution in [1.82, 2.24) is 19.5 Å². The SMILES string of the molecule is O=C(c1ccc(Br)o1)N1CCN(c2nnc3ccccn23)CC1. The second kappa shape index (κ2) is 5.69. The molecule has 0 bridgehead atoms. The quantitative estimate of drug-likeness (QED) is 0.685. The van der Waals surface area contributed by atoms with Crippen molar-refractivity contribution in [3.05, 3.63) is 47.0 Å². The molecule has 0 aromatic carbocycles. The van der Waals surface area contributed by atoms with Crippen LogP contribution in [0, 0.1) is 0 Å². The lowest BCUT2D eigenvalue weighted by Crippen LogP contribution is -2.49. The summed E-state index contributed by atoms with van der Waals surface area (Å²) in [5, 5.41) is 8.43. The van der Waals surface area contributed by atoms with Crippen molar-refractivity contribution in [3.8, 4) is 0 Å². The second-order valence-electron chi connectivity index (χ2n) is 5.31. The normalized spacial score (nSPS) is 15.3. The van der Waals surface area contributed by atoms with E-state index in [0.717, 1.165) is 11.6 Å². The van der Waals surface area contributed by atoms with Gasteiger partial charge in [-0.05, 0) is 40.2 Å². The molecule has 8 heteroatoms. The van der Waals surface area contributed by atoms with Gasteiger partial charge in [-0.3, -0.25) is 9.20 Å². The average molecular weight is 376 g/mol. The van der Waals surface area contributed by atoms with Gasteiger partial charge < -0.3 is 14.2 Å². The molecule has 1 aliphatic rings. The first-order valence-corrected chi connectivity index (χ1v) is 8.11. The third kappa shape index (κ3) is 2.59. The first kappa shape index (κ1) is 14.3. The average Bonchev–Trinajstić information content (AvgIpc) is 3.21. The Morgan fingerprint density at radius 1 is 1.09 bits per heavy atom. The Morgan fingerprint density at radius 3 is 2.65 bits per heavy atom. The minimum absolute atomic E-state index is 0.0820. The summed E-state index contributed by atoms with van der Waals surface area (Å²) in [5.74, 6) is 1.09. The molecule has 1 fully saturated rings. The Labute approximate surface area is 140 Å². The smallest absolute Gasteiger partial charge is 0.289 e. The van der Waals surface area contributed by atoms with E-state index < -0.39 is 0 Å². The number of nitrogens with zero attached hydrogens (tertiary/aromatic N) is 5. The van der Waals surface area contributed by atoms with E-state index in [2.05, 4.69) is 31.0 Å². The zero-order chi connectivity index (χ0) is 15.8. The zero-order valence-electron chi connectivity index (χ0n) is 12.2. The van der Waals surface area contributed by atoms with E-state index in [0.29, 0.717) is 36.6 Å². The number of hydrogen-bond donors (Lipinski definition) is 0. The van der Waals surface area contributed by atoms with E-state index in [-0.39, 0.29) is 5.91 Å². The number of anilines is 1. The standard InChI is InChI=1S/C15H14BrN5O2/c16-12-5-4-11(23-12)14(22)19-7-9-20(10-8-19)15-18-17-13-3-1-2-6-21(13)15/h1-6H,7-10H2. The number of pyridine rings is 1. The van der Waals surface area contributed by atoms with Crippen molar-refractivity contribution in [3.63, 3.8) is 0 Å². The van der Waals surface area contributed by atoms with Crippen LogP contribution in [0.15, 0.2) is 45.6 Å². The fraction of sp³-hybridized carbons (Fsp3) is 0.267. The van der Waals surface area contributed by atoms with E-state index in [4.69, 9.17) is 4.42 Å². The second-order valence-corrected chi connectivity index (χ2v) is 6.09. The van der Waals surface area contributed by atoms with Crippen LogP contribution in [-0.4, -0.2) is 51.6 Å². The van der Waals surface area contributed by atoms with E-state index in [9.17, 15) is 4.79 Å². The van der Waals surface area contributed by atoms with E-state index >= 15 is 0 Å². The first-order chi connectivity index (χ1) is 11.2. The highest BCUT2D eigenvalue weighted by Crippen LogP contribution is 2.19. The molecular formula is C15H14BrN5O2. The molecule has 0 atom stereocenters. The fourth-order valence-electron chi connectivity index (χ4n) is 2.74. The predicted molar refractivity (Wildman–Crippen MR) is 87.5 cm³/mol. The van der Waals surface area contributed by atoms with Crippen molar-refractivity contribution in [2.75, 3.05) is 31.1 Å². The summed E-state index contributed by atoms with van der Waals surface area (Å²) in [7, 11) is 0. The van der Waals surface area contributed by atoms with Crippen LogP contribution >= 0.6 is 15.9 Å². The van der Waals surface area contributed by atoms with Gasteiger partial charge in [-0.2, -0.15) is 0 Å². The Balaban J connectivity index is 1.48. The fourth-order valence-corrected chi connectivity index (χ4v) is 3.05. The number of rotatable bonds is 2. The van der Waals surface area contributed by atoms with Crippen LogP contribution in [0.3, 0.4) is 0 Å². The monoisotopic (exact) mass is 375 g/mol. The largest absolute Gasteiger partial charge is 0.444 e. The number of halogens is 1. The Bertz CT molecular complexity index is 850. The highest BCUT2D eigenvalue weighted by Gasteiger charge is 2.26. The molecule has 3 aromatic heterocycles. The summed E-state index contributed by atoms with van der Waals surface area (Å²) in [4.78, 5) is 16.3. The van der Waals surface area contributed by atoms with Gasteiger partial charge in [0.15, 0.2) is 16.1 Å². The van der Waals surface area contributed by atoms with Crippen molar-refractivity contribution in [2.24, 2.45) is 0 Å². The minimum atomic E-state index is -0.0820. The highest BCUT2D eigenvalue weighted by atomic mass is 79.9. The number of carbonyl (C=O) groups is 1. The van der Waals surface area contributed by atoms with E-state index in [1.807, 2.05) is 28.8 Å². The number of piperazine rings is 1. The van der Waals surface area contributed by atoms with Crippen LogP contribution in [0.25, 0.3) is 5.65 Å². The molecule has 23 heavy (non-hydrogen) atoms. The van der Waals surface area contributed by atoms with Crippen LogP contribution in [-0.2, 0) is 0 Å². The van der Waals surface area contributed by atoms with Gasteiger partial charge >= 0.3 is 0 Å². The summed E-state index contributed by atoms with van der Waals surface area (Å²) in [6, 6.07) is 9.22. The molecule has 1 aliphatic heterocycles. The van der Waals surface area contributed by atoms with E-state index in [1.54, 1.807) is 17.0 Å². The van der Waals surface area contributed by atoms with Crippen molar-refractivity contribution < 1.29 is 9.21 Å².